The van der Waals surface area contributed by atoms with Gasteiger partial charge in [0, 0.05) is 13.1 Å². The molecule has 0 spiro atoms. The van der Waals surface area contributed by atoms with Gasteiger partial charge in [0.05, 0.1) is 17.2 Å². The Labute approximate surface area is 244 Å². The fourth-order valence-corrected chi connectivity index (χ4v) is 5.95. The molecule has 0 aromatic heterocycles. The summed E-state index contributed by atoms with van der Waals surface area (Å²) >= 11 is 0. The smallest absolute Gasteiger partial charge is 0.264 e. The van der Waals surface area contributed by atoms with E-state index in [1.807, 2.05) is 58.9 Å². The monoisotopic (exact) mass is 579 g/mol. The molecule has 3 rings (SSSR count). The molecule has 220 valence electrons. The van der Waals surface area contributed by atoms with E-state index in [1.165, 1.54) is 17.0 Å². The molecule has 3 aromatic rings. The molecule has 41 heavy (non-hydrogen) atoms. The zero-order chi connectivity index (χ0) is 30.0. The van der Waals surface area contributed by atoms with Crippen LogP contribution in [0.25, 0.3) is 0 Å². The second-order valence-corrected chi connectivity index (χ2v) is 11.8. The van der Waals surface area contributed by atoms with E-state index < -0.39 is 28.5 Å². The van der Waals surface area contributed by atoms with Gasteiger partial charge in [-0.1, -0.05) is 61.4 Å². The van der Waals surface area contributed by atoms with Gasteiger partial charge in [-0.2, -0.15) is 0 Å². The molecular weight excluding hydrogens is 538 g/mol. The molecule has 0 fully saturated rings. The Morgan fingerprint density at radius 1 is 0.902 bits per heavy atom. The van der Waals surface area contributed by atoms with Crippen molar-refractivity contribution in [3.8, 4) is 5.75 Å². The molecule has 0 heterocycles. The number of anilines is 1. The number of hydrogen-bond acceptors (Lipinski definition) is 5. The molecule has 0 aliphatic rings. The number of nitrogens with one attached hydrogen (secondary N) is 1. The molecule has 0 unspecified atom stereocenters. The second kappa shape index (κ2) is 14.7. The van der Waals surface area contributed by atoms with Crippen LogP contribution in [0.4, 0.5) is 5.69 Å². The zero-order valence-corrected chi connectivity index (χ0v) is 25.4. The van der Waals surface area contributed by atoms with Crippen molar-refractivity contribution in [3.05, 3.63) is 89.5 Å². The Kier molecular flexibility index (Phi) is 11.3. The van der Waals surface area contributed by atoms with E-state index in [0.717, 1.165) is 27.4 Å². The third-order valence-electron chi connectivity index (χ3n) is 6.69. The molecule has 9 heteroatoms. The van der Waals surface area contributed by atoms with Crippen molar-refractivity contribution >= 4 is 27.5 Å². The summed E-state index contributed by atoms with van der Waals surface area (Å²) in [7, 11) is -4.13. The van der Waals surface area contributed by atoms with Gasteiger partial charge in [0.15, 0.2) is 0 Å². The van der Waals surface area contributed by atoms with E-state index in [-0.39, 0.29) is 17.3 Å². The molecule has 0 saturated carbocycles. The Morgan fingerprint density at radius 3 is 2.17 bits per heavy atom. The lowest BCUT2D eigenvalue weighted by Crippen LogP contribution is -2.52. The number of carbonyl (C=O) groups is 2. The van der Waals surface area contributed by atoms with Crippen molar-refractivity contribution in [1.29, 1.82) is 0 Å². The summed E-state index contributed by atoms with van der Waals surface area (Å²) in [4.78, 5) is 28.9. The average Bonchev–Trinajstić information content (AvgIpc) is 2.95. The minimum Gasteiger partial charge on any atom is -0.494 e. The summed E-state index contributed by atoms with van der Waals surface area (Å²) in [5, 5.41) is 2.90. The number of aryl methyl sites for hydroxylation is 2. The number of ether oxygens (including phenoxy) is 1. The van der Waals surface area contributed by atoms with Gasteiger partial charge in [-0.3, -0.25) is 13.9 Å². The molecule has 3 aromatic carbocycles. The highest BCUT2D eigenvalue weighted by Crippen LogP contribution is 2.27. The van der Waals surface area contributed by atoms with Gasteiger partial charge in [-0.15, -0.1) is 0 Å². The van der Waals surface area contributed by atoms with Gasteiger partial charge < -0.3 is 15.0 Å². The van der Waals surface area contributed by atoms with Crippen LogP contribution in [0.1, 0.15) is 50.3 Å². The fraction of sp³-hybridized carbons (Fsp3) is 0.375. The van der Waals surface area contributed by atoms with Gasteiger partial charge in [0.25, 0.3) is 10.0 Å². The number of sulfonamides is 1. The average molecular weight is 580 g/mol. The fourth-order valence-electron chi connectivity index (χ4n) is 4.53. The van der Waals surface area contributed by atoms with Crippen LogP contribution >= 0.6 is 0 Å². The number of nitrogens with zero attached hydrogens (tertiary/aromatic N) is 2. The summed E-state index contributed by atoms with van der Waals surface area (Å²) in [6.07, 6.45) is 1.13. The van der Waals surface area contributed by atoms with E-state index >= 15 is 0 Å². The van der Waals surface area contributed by atoms with E-state index in [4.69, 9.17) is 4.74 Å². The predicted octanol–water partition coefficient (Wildman–Crippen LogP) is 5.23. The number of hydrogen-bond donors (Lipinski definition) is 1. The minimum absolute atomic E-state index is 0.0720. The molecule has 2 amide bonds. The molecule has 1 atom stereocenters. The Bertz CT molecular complexity index is 1410. The van der Waals surface area contributed by atoms with E-state index in [0.29, 0.717) is 31.0 Å². The van der Waals surface area contributed by atoms with Crippen LogP contribution < -0.4 is 14.4 Å². The van der Waals surface area contributed by atoms with Crippen molar-refractivity contribution in [2.24, 2.45) is 0 Å². The van der Waals surface area contributed by atoms with Crippen LogP contribution in [0.15, 0.2) is 77.7 Å². The van der Waals surface area contributed by atoms with E-state index in [1.54, 1.807) is 36.4 Å². The van der Waals surface area contributed by atoms with Crippen LogP contribution in [-0.4, -0.2) is 50.9 Å². The maximum Gasteiger partial charge on any atom is 0.264 e. The van der Waals surface area contributed by atoms with Gasteiger partial charge in [0.1, 0.15) is 18.3 Å². The maximum absolute atomic E-state index is 14.1. The van der Waals surface area contributed by atoms with Gasteiger partial charge >= 0.3 is 0 Å². The third-order valence-corrected chi connectivity index (χ3v) is 8.48. The van der Waals surface area contributed by atoms with Crippen molar-refractivity contribution < 1.29 is 22.7 Å². The molecule has 1 N–H and O–H groups in total. The molecule has 8 nitrogen and oxygen atoms in total. The van der Waals surface area contributed by atoms with Crippen molar-refractivity contribution in [3.63, 3.8) is 0 Å². The molecule has 0 aliphatic carbocycles. The predicted molar refractivity (Wildman–Crippen MR) is 162 cm³/mol. The topological polar surface area (TPSA) is 96.0 Å². The highest BCUT2D eigenvalue weighted by Gasteiger charge is 2.33. The van der Waals surface area contributed by atoms with Crippen molar-refractivity contribution in [2.75, 3.05) is 24.0 Å². The minimum atomic E-state index is -4.13. The number of amides is 2. The third kappa shape index (κ3) is 8.33. The largest absolute Gasteiger partial charge is 0.494 e. The lowest BCUT2D eigenvalue weighted by Gasteiger charge is -2.33. The lowest BCUT2D eigenvalue weighted by atomic mass is 10.1. The second-order valence-electron chi connectivity index (χ2n) is 9.98. The number of carbonyl (C=O) groups excluding carboxylic acids is 2. The standard InChI is InChI=1S/C32H41N3O5S/c1-6-20-33-32(37)30(7-2)34(22-26-11-9-10-25(5)21-26)31(36)23-35(27-14-16-28(17-15-27)40-8-3)41(38,39)29-18-12-24(4)13-19-29/h9-19,21,30H,6-8,20,22-23H2,1-5H3,(H,33,37)/t30-/m1/s1. The SMILES string of the molecule is CCCNC(=O)[C@@H](CC)N(Cc1cccc(C)c1)C(=O)CN(c1ccc(OCC)cc1)S(=O)(=O)c1ccc(C)cc1. The van der Waals surface area contributed by atoms with Crippen LogP contribution in [0, 0.1) is 13.8 Å². The zero-order valence-electron chi connectivity index (χ0n) is 24.6. The van der Waals surface area contributed by atoms with Gasteiger partial charge in [-0.05, 0) is 75.6 Å². The van der Waals surface area contributed by atoms with Gasteiger partial charge in [-0.25, -0.2) is 8.42 Å². The lowest BCUT2D eigenvalue weighted by molar-refractivity contribution is -0.140. The van der Waals surface area contributed by atoms with Crippen LogP contribution in [0.3, 0.4) is 0 Å². The molecule has 0 bridgehead atoms. The highest BCUT2D eigenvalue weighted by molar-refractivity contribution is 7.92. The molecule has 0 saturated heterocycles. The van der Waals surface area contributed by atoms with Crippen LogP contribution in [-0.2, 0) is 26.2 Å². The Hall–Kier alpha value is -3.85. The summed E-state index contributed by atoms with van der Waals surface area (Å²) in [6.45, 7) is 10.2. The summed E-state index contributed by atoms with van der Waals surface area (Å²) in [5.41, 5.74) is 3.12. The first-order chi connectivity index (χ1) is 19.6. The quantitative estimate of drug-likeness (QED) is 0.282. The first kappa shape index (κ1) is 31.7. The first-order valence-corrected chi connectivity index (χ1v) is 15.5. The van der Waals surface area contributed by atoms with Crippen molar-refractivity contribution in [1.82, 2.24) is 10.2 Å². The Balaban J connectivity index is 2.05. The summed E-state index contributed by atoms with van der Waals surface area (Å²) < 4.78 is 34.6. The number of rotatable bonds is 14. The van der Waals surface area contributed by atoms with Crippen LogP contribution in [0.2, 0.25) is 0 Å². The van der Waals surface area contributed by atoms with Crippen LogP contribution in [0.5, 0.6) is 5.75 Å². The maximum atomic E-state index is 14.1. The van der Waals surface area contributed by atoms with E-state index in [9.17, 15) is 18.0 Å². The molecule has 0 aliphatic heterocycles. The number of benzene rings is 3. The van der Waals surface area contributed by atoms with Gasteiger partial charge in [0.2, 0.25) is 11.8 Å². The summed E-state index contributed by atoms with van der Waals surface area (Å²) in [5.74, 6) is -0.145. The highest BCUT2D eigenvalue weighted by atomic mass is 32.2. The first-order valence-electron chi connectivity index (χ1n) is 14.1. The van der Waals surface area contributed by atoms with E-state index in [2.05, 4.69) is 5.32 Å². The Morgan fingerprint density at radius 2 is 1.59 bits per heavy atom. The molecular formula is C32H41N3O5S. The van der Waals surface area contributed by atoms with Crippen molar-refractivity contribution in [2.45, 2.75) is 64.9 Å². The normalized spacial score (nSPS) is 11.9. The summed E-state index contributed by atoms with van der Waals surface area (Å²) in [6, 6.07) is 20.1. The molecule has 0 radical (unpaired) electrons.